The van der Waals surface area contributed by atoms with E-state index in [2.05, 4.69) is 10.5 Å². The molecular formula is C12H23N3O2. The Morgan fingerprint density at radius 3 is 2.76 bits per heavy atom. The van der Waals surface area contributed by atoms with Gasteiger partial charge >= 0.3 is 0 Å². The van der Waals surface area contributed by atoms with Gasteiger partial charge in [0, 0.05) is 18.9 Å². The first-order valence-electron chi connectivity index (χ1n) is 6.37. The van der Waals surface area contributed by atoms with Gasteiger partial charge in [-0.2, -0.15) is 0 Å². The van der Waals surface area contributed by atoms with Crippen LogP contribution < -0.4 is 11.1 Å². The predicted molar refractivity (Wildman–Crippen MR) is 66.8 cm³/mol. The fraction of sp³-hybridized carbons (Fsp3) is 0.833. The minimum atomic E-state index is -0.0815. The van der Waals surface area contributed by atoms with Crippen LogP contribution in [0, 0.1) is 5.92 Å². The van der Waals surface area contributed by atoms with Crippen molar-refractivity contribution in [1.82, 2.24) is 5.32 Å². The molecule has 1 amide bonds. The summed E-state index contributed by atoms with van der Waals surface area (Å²) < 4.78 is 0. The van der Waals surface area contributed by atoms with Crippen molar-refractivity contribution < 1.29 is 10.0 Å². The molecule has 1 rings (SSSR count). The number of hydrogen-bond acceptors (Lipinski definition) is 3. The molecule has 4 N–H and O–H groups in total. The number of carbonyl (C=O) groups excluding carboxylic acids is 1. The highest BCUT2D eigenvalue weighted by molar-refractivity contribution is 5.81. The Kier molecular flexibility index (Phi) is 5.80. The molecule has 0 heterocycles. The summed E-state index contributed by atoms with van der Waals surface area (Å²) in [5.74, 6) is 0.948. The van der Waals surface area contributed by atoms with Crippen LogP contribution in [0.5, 0.6) is 0 Å². The van der Waals surface area contributed by atoms with Gasteiger partial charge < -0.3 is 16.3 Å². The second-order valence-corrected chi connectivity index (χ2v) is 4.95. The SMILES string of the molecule is CC(CC(N)=NO)NC(=O)CCC1CCCC1. The van der Waals surface area contributed by atoms with E-state index in [-0.39, 0.29) is 17.8 Å². The molecule has 98 valence electrons. The van der Waals surface area contributed by atoms with E-state index in [1.54, 1.807) is 0 Å². The van der Waals surface area contributed by atoms with Gasteiger partial charge in [-0.3, -0.25) is 4.79 Å². The number of nitrogens with two attached hydrogens (primary N) is 1. The number of carbonyl (C=O) groups is 1. The Morgan fingerprint density at radius 1 is 1.53 bits per heavy atom. The summed E-state index contributed by atoms with van der Waals surface area (Å²) in [5.41, 5.74) is 5.37. The first-order chi connectivity index (χ1) is 8.11. The second kappa shape index (κ2) is 7.14. The van der Waals surface area contributed by atoms with Crippen molar-refractivity contribution in [3.05, 3.63) is 0 Å². The number of nitrogens with one attached hydrogen (secondary N) is 1. The molecule has 0 aromatic rings. The highest BCUT2D eigenvalue weighted by Gasteiger charge is 2.16. The Labute approximate surface area is 102 Å². The lowest BCUT2D eigenvalue weighted by atomic mass is 10.0. The maximum absolute atomic E-state index is 11.6. The molecule has 5 heteroatoms. The summed E-state index contributed by atoms with van der Waals surface area (Å²) in [5, 5.41) is 14.2. The van der Waals surface area contributed by atoms with Gasteiger partial charge in [0.25, 0.3) is 0 Å². The number of amidine groups is 1. The normalized spacial score (nSPS) is 19.2. The van der Waals surface area contributed by atoms with Gasteiger partial charge in [0.15, 0.2) is 0 Å². The largest absolute Gasteiger partial charge is 0.409 e. The summed E-state index contributed by atoms with van der Waals surface area (Å²) >= 11 is 0. The third-order valence-electron chi connectivity index (χ3n) is 3.31. The predicted octanol–water partition coefficient (Wildman–Crippen LogP) is 1.60. The summed E-state index contributed by atoms with van der Waals surface area (Å²) in [6.07, 6.45) is 7.12. The Balaban J connectivity index is 2.15. The molecule has 17 heavy (non-hydrogen) atoms. The molecule has 1 aliphatic carbocycles. The van der Waals surface area contributed by atoms with Gasteiger partial charge in [0.05, 0.1) is 0 Å². The molecule has 0 saturated heterocycles. The Bertz CT molecular complexity index is 273. The van der Waals surface area contributed by atoms with Crippen molar-refractivity contribution in [2.45, 2.75) is 57.9 Å². The standard InChI is InChI=1S/C12H23N3O2/c1-9(8-11(13)15-17)14-12(16)7-6-10-4-2-3-5-10/h9-10,17H,2-8H2,1H3,(H2,13,15)(H,14,16). The second-order valence-electron chi connectivity index (χ2n) is 4.95. The highest BCUT2D eigenvalue weighted by atomic mass is 16.4. The molecule has 0 radical (unpaired) electrons. The van der Waals surface area contributed by atoms with E-state index in [1.165, 1.54) is 25.7 Å². The summed E-state index contributed by atoms with van der Waals surface area (Å²) in [7, 11) is 0. The molecule has 5 nitrogen and oxygen atoms in total. The van der Waals surface area contributed by atoms with E-state index in [4.69, 9.17) is 10.9 Å². The number of rotatable bonds is 6. The zero-order chi connectivity index (χ0) is 12.7. The molecule has 0 bridgehead atoms. The maximum atomic E-state index is 11.6. The lowest BCUT2D eigenvalue weighted by molar-refractivity contribution is -0.121. The van der Waals surface area contributed by atoms with E-state index in [9.17, 15) is 4.79 Å². The average molecular weight is 241 g/mol. The highest BCUT2D eigenvalue weighted by Crippen LogP contribution is 2.28. The van der Waals surface area contributed by atoms with E-state index in [0.29, 0.717) is 12.8 Å². The van der Waals surface area contributed by atoms with Crippen LogP contribution in [0.15, 0.2) is 5.16 Å². The van der Waals surface area contributed by atoms with Crippen LogP contribution in [0.4, 0.5) is 0 Å². The van der Waals surface area contributed by atoms with Gasteiger partial charge in [-0.05, 0) is 19.3 Å². The third-order valence-corrected chi connectivity index (χ3v) is 3.31. The van der Waals surface area contributed by atoms with E-state index >= 15 is 0 Å². The summed E-state index contributed by atoms with van der Waals surface area (Å²) in [4.78, 5) is 11.6. The lowest BCUT2D eigenvalue weighted by Gasteiger charge is -2.14. The van der Waals surface area contributed by atoms with Gasteiger partial charge in [-0.15, -0.1) is 0 Å². The fourth-order valence-corrected chi connectivity index (χ4v) is 2.39. The smallest absolute Gasteiger partial charge is 0.220 e. The quantitative estimate of drug-likeness (QED) is 0.285. The molecule has 1 saturated carbocycles. The molecule has 1 aliphatic rings. The Morgan fingerprint density at radius 2 is 2.18 bits per heavy atom. The molecule has 1 fully saturated rings. The minimum absolute atomic E-state index is 0.0649. The van der Waals surface area contributed by atoms with Crippen molar-refractivity contribution in [2.75, 3.05) is 0 Å². The van der Waals surface area contributed by atoms with E-state index < -0.39 is 0 Å². The average Bonchev–Trinajstić information content (AvgIpc) is 2.78. The lowest BCUT2D eigenvalue weighted by Crippen LogP contribution is -2.35. The van der Waals surface area contributed by atoms with Crippen LogP contribution in [0.1, 0.15) is 51.9 Å². The van der Waals surface area contributed by atoms with Crippen LogP contribution >= 0.6 is 0 Å². The number of oxime groups is 1. The topological polar surface area (TPSA) is 87.7 Å². The van der Waals surface area contributed by atoms with Crippen LogP contribution in [0.3, 0.4) is 0 Å². The van der Waals surface area contributed by atoms with Crippen LogP contribution in [0.25, 0.3) is 0 Å². The third kappa shape index (κ3) is 5.56. The van der Waals surface area contributed by atoms with Gasteiger partial charge in [0.1, 0.15) is 5.84 Å². The Hall–Kier alpha value is -1.26. The molecule has 0 aliphatic heterocycles. The zero-order valence-electron chi connectivity index (χ0n) is 10.5. The summed E-state index contributed by atoms with van der Waals surface area (Å²) in [6.45, 7) is 1.85. The van der Waals surface area contributed by atoms with Crippen LogP contribution in [0.2, 0.25) is 0 Å². The minimum Gasteiger partial charge on any atom is -0.409 e. The van der Waals surface area contributed by atoms with Crippen molar-refractivity contribution in [1.29, 1.82) is 0 Å². The molecule has 0 aromatic carbocycles. The monoisotopic (exact) mass is 241 g/mol. The van der Waals surface area contributed by atoms with Gasteiger partial charge in [-0.25, -0.2) is 0 Å². The van der Waals surface area contributed by atoms with E-state index in [1.807, 2.05) is 6.92 Å². The van der Waals surface area contributed by atoms with E-state index in [0.717, 1.165) is 12.3 Å². The van der Waals surface area contributed by atoms with Crippen molar-refractivity contribution >= 4 is 11.7 Å². The molecule has 1 atom stereocenters. The molecule has 0 spiro atoms. The molecular weight excluding hydrogens is 218 g/mol. The first-order valence-corrected chi connectivity index (χ1v) is 6.37. The summed E-state index contributed by atoms with van der Waals surface area (Å²) in [6, 6.07) is -0.0815. The maximum Gasteiger partial charge on any atom is 0.220 e. The fourth-order valence-electron chi connectivity index (χ4n) is 2.39. The first kappa shape index (κ1) is 13.8. The van der Waals surface area contributed by atoms with Crippen molar-refractivity contribution in [3.8, 4) is 0 Å². The molecule has 1 unspecified atom stereocenters. The molecule has 0 aromatic heterocycles. The van der Waals surface area contributed by atoms with Gasteiger partial charge in [-0.1, -0.05) is 30.8 Å². The van der Waals surface area contributed by atoms with Crippen molar-refractivity contribution in [3.63, 3.8) is 0 Å². The number of hydrogen-bond donors (Lipinski definition) is 3. The zero-order valence-corrected chi connectivity index (χ0v) is 10.5. The van der Waals surface area contributed by atoms with Crippen LogP contribution in [-0.4, -0.2) is 23.0 Å². The van der Waals surface area contributed by atoms with Crippen LogP contribution in [-0.2, 0) is 4.79 Å². The van der Waals surface area contributed by atoms with Crippen molar-refractivity contribution in [2.24, 2.45) is 16.8 Å². The van der Waals surface area contributed by atoms with Gasteiger partial charge in [0.2, 0.25) is 5.91 Å². The number of nitrogens with zero attached hydrogens (tertiary/aromatic N) is 1. The number of amides is 1.